The van der Waals surface area contributed by atoms with Gasteiger partial charge in [-0.2, -0.15) is 11.8 Å². The summed E-state index contributed by atoms with van der Waals surface area (Å²) in [6.07, 6.45) is 0.527. The summed E-state index contributed by atoms with van der Waals surface area (Å²) in [6, 6.07) is 6.65. The predicted octanol–water partition coefficient (Wildman–Crippen LogP) is 2.04. The van der Waals surface area contributed by atoms with Crippen molar-refractivity contribution in [3.8, 4) is 0 Å². The lowest BCUT2D eigenvalue weighted by Crippen LogP contribution is -2.40. The molecule has 23 heavy (non-hydrogen) atoms. The molecule has 0 radical (unpaired) electrons. The molecule has 1 aromatic carbocycles. The molecular weight excluding hydrogens is 316 g/mol. The molecule has 0 aliphatic heterocycles. The minimum Gasteiger partial charge on any atom is -0.480 e. The Morgan fingerprint density at radius 3 is 2.39 bits per heavy atom. The zero-order valence-electron chi connectivity index (χ0n) is 13.3. The van der Waals surface area contributed by atoms with Gasteiger partial charge in [0.2, 0.25) is 11.8 Å². The number of carboxylic acid groups (broad SMARTS) is 1. The normalized spacial score (nSPS) is 11.6. The summed E-state index contributed by atoms with van der Waals surface area (Å²) in [5.41, 5.74) is 1.86. The van der Waals surface area contributed by atoms with E-state index in [0.29, 0.717) is 12.2 Å². The molecule has 1 unspecified atom stereocenters. The van der Waals surface area contributed by atoms with Crippen LogP contribution in [-0.4, -0.2) is 40.4 Å². The Hall–Kier alpha value is -2.02. The maximum Gasteiger partial charge on any atom is 0.326 e. The van der Waals surface area contributed by atoms with Gasteiger partial charge in [-0.1, -0.05) is 24.6 Å². The van der Waals surface area contributed by atoms with Crippen molar-refractivity contribution in [2.45, 2.75) is 32.7 Å². The largest absolute Gasteiger partial charge is 0.480 e. The SMILES string of the molecule is CCC(NC(=O)CCSCC(=O)Nc1ccc(C)cc1)C(=O)O. The Kier molecular flexibility index (Phi) is 8.18. The molecule has 126 valence electrons. The van der Waals surface area contributed by atoms with Crippen LogP contribution in [0.1, 0.15) is 25.3 Å². The van der Waals surface area contributed by atoms with E-state index in [1.807, 2.05) is 31.2 Å². The summed E-state index contributed by atoms with van der Waals surface area (Å²) in [5.74, 6) is -0.770. The third-order valence-corrected chi connectivity index (χ3v) is 4.04. The van der Waals surface area contributed by atoms with Gasteiger partial charge >= 0.3 is 5.97 Å². The molecule has 0 saturated heterocycles. The molecule has 0 aromatic heterocycles. The Bertz CT molecular complexity index is 546. The molecule has 1 aromatic rings. The van der Waals surface area contributed by atoms with Crippen molar-refractivity contribution in [3.63, 3.8) is 0 Å². The third kappa shape index (κ3) is 7.69. The number of hydrogen-bond donors (Lipinski definition) is 3. The first kappa shape index (κ1) is 19.0. The second-order valence-corrected chi connectivity index (χ2v) is 6.19. The van der Waals surface area contributed by atoms with Gasteiger partial charge in [0.25, 0.3) is 0 Å². The number of rotatable bonds is 9. The van der Waals surface area contributed by atoms with Crippen LogP contribution >= 0.6 is 11.8 Å². The second-order valence-electron chi connectivity index (χ2n) is 5.08. The molecule has 0 aliphatic rings. The van der Waals surface area contributed by atoms with E-state index >= 15 is 0 Å². The maximum absolute atomic E-state index is 11.7. The summed E-state index contributed by atoms with van der Waals surface area (Å²) in [7, 11) is 0. The van der Waals surface area contributed by atoms with Crippen LogP contribution in [0.3, 0.4) is 0 Å². The number of carbonyl (C=O) groups is 3. The van der Waals surface area contributed by atoms with Crippen LogP contribution in [0.25, 0.3) is 0 Å². The number of nitrogens with one attached hydrogen (secondary N) is 2. The van der Waals surface area contributed by atoms with E-state index in [1.54, 1.807) is 6.92 Å². The van der Waals surface area contributed by atoms with E-state index in [9.17, 15) is 14.4 Å². The summed E-state index contributed by atoms with van der Waals surface area (Å²) in [6.45, 7) is 3.67. The van der Waals surface area contributed by atoms with Gasteiger partial charge in [-0.05, 0) is 25.5 Å². The predicted molar refractivity (Wildman–Crippen MR) is 91.6 cm³/mol. The quantitative estimate of drug-likeness (QED) is 0.599. The number of benzene rings is 1. The molecule has 6 nitrogen and oxygen atoms in total. The number of hydrogen-bond acceptors (Lipinski definition) is 4. The van der Waals surface area contributed by atoms with Gasteiger partial charge in [0.05, 0.1) is 5.75 Å². The van der Waals surface area contributed by atoms with E-state index in [4.69, 9.17) is 5.11 Å². The van der Waals surface area contributed by atoms with E-state index in [2.05, 4.69) is 10.6 Å². The van der Waals surface area contributed by atoms with Gasteiger partial charge in [0.1, 0.15) is 6.04 Å². The van der Waals surface area contributed by atoms with Crippen molar-refractivity contribution in [1.82, 2.24) is 5.32 Å². The van der Waals surface area contributed by atoms with Gasteiger partial charge in [-0.15, -0.1) is 0 Å². The average molecular weight is 338 g/mol. The zero-order valence-corrected chi connectivity index (χ0v) is 14.1. The topological polar surface area (TPSA) is 95.5 Å². The van der Waals surface area contributed by atoms with Gasteiger partial charge in [-0.25, -0.2) is 4.79 Å². The number of aliphatic carboxylic acids is 1. The van der Waals surface area contributed by atoms with E-state index in [-0.39, 0.29) is 24.0 Å². The molecule has 0 saturated carbocycles. The number of amides is 2. The Labute approximate surface area is 140 Å². The van der Waals surface area contributed by atoms with E-state index in [1.165, 1.54) is 11.8 Å². The lowest BCUT2D eigenvalue weighted by molar-refractivity contribution is -0.141. The summed E-state index contributed by atoms with van der Waals surface area (Å²) >= 11 is 1.33. The highest BCUT2D eigenvalue weighted by Crippen LogP contribution is 2.10. The highest BCUT2D eigenvalue weighted by atomic mass is 32.2. The van der Waals surface area contributed by atoms with Crippen LogP contribution in [0.4, 0.5) is 5.69 Å². The standard InChI is InChI=1S/C16H22N2O4S/c1-3-13(16(21)22)18-14(19)8-9-23-10-15(20)17-12-6-4-11(2)5-7-12/h4-7,13H,3,8-10H2,1-2H3,(H,17,20)(H,18,19)(H,21,22). The maximum atomic E-state index is 11.7. The van der Waals surface area contributed by atoms with Crippen molar-refractivity contribution in [1.29, 1.82) is 0 Å². The summed E-state index contributed by atoms with van der Waals surface area (Å²) in [4.78, 5) is 34.1. The monoisotopic (exact) mass is 338 g/mol. The lowest BCUT2D eigenvalue weighted by atomic mass is 10.2. The fourth-order valence-electron chi connectivity index (χ4n) is 1.77. The molecule has 0 fully saturated rings. The number of thioether (sulfide) groups is 1. The molecule has 0 aliphatic carbocycles. The number of aryl methyl sites for hydroxylation is 1. The third-order valence-electron chi connectivity index (χ3n) is 3.08. The van der Waals surface area contributed by atoms with Crippen LogP contribution in [-0.2, 0) is 14.4 Å². The fourth-order valence-corrected chi connectivity index (χ4v) is 2.50. The molecule has 0 heterocycles. The van der Waals surface area contributed by atoms with Crippen LogP contribution in [0, 0.1) is 6.92 Å². The van der Waals surface area contributed by atoms with Crippen molar-refractivity contribution < 1.29 is 19.5 Å². The summed E-state index contributed by atoms with van der Waals surface area (Å²) in [5, 5.41) is 14.1. The Morgan fingerprint density at radius 2 is 1.83 bits per heavy atom. The molecule has 0 bridgehead atoms. The number of carboxylic acids is 1. The molecule has 3 N–H and O–H groups in total. The average Bonchev–Trinajstić information content (AvgIpc) is 2.51. The molecule has 1 rings (SSSR count). The summed E-state index contributed by atoms with van der Waals surface area (Å²) < 4.78 is 0. The zero-order chi connectivity index (χ0) is 17.2. The highest BCUT2D eigenvalue weighted by molar-refractivity contribution is 7.99. The minimum absolute atomic E-state index is 0.128. The van der Waals surface area contributed by atoms with E-state index in [0.717, 1.165) is 11.3 Å². The van der Waals surface area contributed by atoms with Crippen LogP contribution in [0.2, 0.25) is 0 Å². The minimum atomic E-state index is -1.04. The van der Waals surface area contributed by atoms with Crippen LogP contribution in [0.15, 0.2) is 24.3 Å². The molecule has 7 heteroatoms. The lowest BCUT2D eigenvalue weighted by Gasteiger charge is -2.11. The second kappa shape index (κ2) is 9.89. The van der Waals surface area contributed by atoms with Crippen molar-refractivity contribution in [3.05, 3.63) is 29.8 Å². The van der Waals surface area contributed by atoms with Gasteiger partial charge in [0.15, 0.2) is 0 Å². The molecule has 0 spiro atoms. The Morgan fingerprint density at radius 1 is 1.17 bits per heavy atom. The van der Waals surface area contributed by atoms with Gasteiger partial charge < -0.3 is 15.7 Å². The molecule has 1 atom stereocenters. The fraction of sp³-hybridized carbons (Fsp3) is 0.438. The van der Waals surface area contributed by atoms with Crippen molar-refractivity contribution in [2.24, 2.45) is 0 Å². The Balaban J connectivity index is 2.21. The van der Waals surface area contributed by atoms with Crippen LogP contribution in [0.5, 0.6) is 0 Å². The first-order valence-electron chi connectivity index (χ1n) is 7.38. The number of carbonyl (C=O) groups excluding carboxylic acids is 2. The molecule has 2 amide bonds. The van der Waals surface area contributed by atoms with Crippen molar-refractivity contribution in [2.75, 3.05) is 16.8 Å². The number of anilines is 1. The smallest absolute Gasteiger partial charge is 0.326 e. The van der Waals surface area contributed by atoms with Crippen molar-refractivity contribution >= 4 is 35.2 Å². The van der Waals surface area contributed by atoms with Gasteiger partial charge in [0, 0.05) is 17.9 Å². The van der Waals surface area contributed by atoms with Crippen LogP contribution < -0.4 is 10.6 Å². The van der Waals surface area contributed by atoms with Gasteiger partial charge in [-0.3, -0.25) is 9.59 Å². The van der Waals surface area contributed by atoms with E-state index < -0.39 is 12.0 Å². The molecular formula is C16H22N2O4S. The highest BCUT2D eigenvalue weighted by Gasteiger charge is 2.17. The first-order valence-corrected chi connectivity index (χ1v) is 8.54. The first-order chi connectivity index (χ1) is 10.9.